The first-order chi connectivity index (χ1) is 13.0. The molecule has 0 spiro atoms. The number of sulfonamides is 1. The normalized spacial score (nSPS) is 11.4. The maximum absolute atomic E-state index is 12.7. The van der Waals surface area contributed by atoms with E-state index in [4.69, 9.17) is 4.74 Å². The van der Waals surface area contributed by atoms with Gasteiger partial charge in [0.15, 0.2) is 0 Å². The summed E-state index contributed by atoms with van der Waals surface area (Å²) in [4.78, 5) is 4.06. The lowest BCUT2D eigenvalue weighted by atomic mass is 10.1. The second kappa shape index (κ2) is 7.92. The van der Waals surface area contributed by atoms with Gasteiger partial charge in [0.05, 0.1) is 17.7 Å². The Morgan fingerprint density at radius 2 is 1.70 bits per heavy atom. The second-order valence-electron chi connectivity index (χ2n) is 5.67. The van der Waals surface area contributed by atoms with E-state index in [0.717, 1.165) is 5.56 Å². The molecule has 138 valence electrons. The number of hydrogen-bond donors (Lipinski definition) is 2. The summed E-state index contributed by atoms with van der Waals surface area (Å²) in [6, 6.07) is 14.2. The van der Waals surface area contributed by atoms with E-state index in [1.807, 2.05) is 18.2 Å². The lowest BCUT2D eigenvalue weighted by Crippen LogP contribution is -2.13. The number of anilines is 1. The molecule has 0 radical (unpaired) electrons. The van der Waals surface area contributed by atoms with Crippen LogP contribution in [0.2, 0.25) is 0 Å². The molecule has 0 aliphatic heterocycles. The van der Waals surface area contributed by atoms with Gasteiger partial charge in [-0.25, -0.2) is 8.42 Å². The Morgan fingerprint density at radius 1 is 1.00 bits per heavy atom. The van der Waals surface area contributed by atoms with Gasteiger partial charge < -0.3 is 9.84 Å². The topological polar surface area (TPSA) is 88.5 Å². The zero-order chi connectivity index (χ0) is 19.3. The van der Waals surface area contributed by atoms with E-state index in [1.54, 1.807) is 30.6 Å². The molecule has 3 aromatic rings. The fourth-order valence-corrected chi connectivity index (χ4v) is 3.49. The van der Waals surface area contributed by atoms with Crippen molar-refractivity contribution in [3.8, 4) is 11.5 Å². The van der Waals surface area contributed by atoms with Crippen LogP contribution in [0.25, 0.3) is 12.2 Å². The number of phenols is 1. The number of nitrogens with zero attached hydrogens (tertiary/aromatic N) is 1. The quantitative estimate of drug-likeness (QED) is 0.634. The van der Waals surface area contributed by atoms with Gasteiger partial charge in [0.1, 0.15) is 11.5 Å². The van der Waals surface area contributed by atoms with E-state index in [-0.39, 0.29) is 10.6 Å². The van der Waals surface area contributed by atoms with Crippen molar-refractivity contribution < 1.29 is 18.3 Å². The van der Waals surface area contributed by atoms with Gasteiger partial charge in [-0.3, -0.25) is 9.71 Å². The number of phenolic OH excluding ortho intramolecular Hbond substituents is 1. The predicted molar refractivity (Wildman–Crippen MR) is 105 cm³/mol. The highest BCUT2D eigenvalue weighted by atomic mass is 32.2. The molecule has 27 heavy (non-hydrogen) atoms. The average molecular weight is 382 g/mol. The maximum Gasteiger partial charge on any atom is 0.261 e. The lowest BCUT2D eigenvalue weighted by Gasteiger charge is -2.12. The van der Waals surface area contributed by atoms with Gasteiger partial charge >= 0.3 is 0 Å². The Labute approximate surface area is 157 Å². The third-order valence-electron chi connectivity index (χ3n) is 3.81. The molecule has 7 heteroatoms. The van der Waals surface area contributed by atoms with Crippen molar-refractivity contribution in [1.82, 2.24) is 4.98 Å². The highest BCUT2D eigenvalue weighted by Gasteiger charge is 2.16. The number of aromatic hydroxyl groups is 1. The van der Waals surface area contributed by atoms with E-state index >= 15 is 0 Å². The summed E-state index contributed by atoms with van der Waals surface area (Å²) in [6.07, 6.45) is 6.85. The summed E-state index contributed by atoms with van der Waals surface area (Å²) in [7, 11) is -2.27. The Balaban J connectivity index is 1.91. The number of methoxy groups -OCH3 is 1. The van der Waals surface area contributed by atoms with Gasteiger partial charge in [-0.2, -0.15) is 0 Å². The summed E-state index contributed by atoms with van der Waals surface area (Å²) in [5.41, 5.74) is 1.79. The molecule has 2 N–H and O–H groups in total. The van der Waals surface area contributed by atoms with Crippen LogP contribution in [0.1, 0.15) is 11.1 Å². The highest BCUT2D eigenvalue weighted by Crippen LogP contribution is 2.26. The summed E-state index contributed by atoms with van der Waals surface area (Å²) < 4.78 is 32.9. The third-order valence-corrected chi connectivity index (χ3v) is 5.19. The molecular weight excluding hydrogens is 364 g/mol. The Bertz CT molecular complexity index is 1050. The molecule has 0 atom stereocenters. The number of ether oxygens (including phenoxy) is 1. The van der Waals surface area contributed by atoms with Crippen LogP contribution >= 0.6 is 0 Å². The number of aromatic nitrogens is 1. The average Bonchev–Trinajstić information content (AvgIpc) is 2.69. The van der Waals surface area contributed by atoms with Gasteiger partial charge in [-0.05, 0) is 60.2 Å². The molecular formula is C20H18N2O4S. The first-order valence-corrected chi connectivity index (χ1v) is 9.54. The predicted octanol–water partition coefficient (Wildman–Crippen LogP) is 3.77. The molecule has 3 rings (SSSR count). The van der Waals surface area contributed by atoms with Crippen molar-refractivity contribution in [1.29, 1.82) is 0 Å². The van der Waals surface area contributed by atoms with Gasteiger partial charge in [0, 0.05) is 18.0 Å². The van der Waals surface area contributed by atoms with Crippen LogP contribution in [0.3, 0.4) is 0 Å². The Morgan fingerprint density at radius 3 is 2.37 bits per heavy atom. The molecule has 0 unspecified atom stereocenters. The Hall–Kier alpha value is -3.32. The van der Waals surface area contributed by atoms with E-state index in [1.165, 1.54) is 37.4 Å². The number of hydrogen-bond acceptors (Lipinski definition) is 5. The van der Waals surface area contributed by atoms with Crippen LogP contribution in [0.4, 0.5) is 5.69 Å². The standard InChI is InChI=1S/C20H18N2O4S/c1-26-18-5-7-19(8-6-18)27(24,25)22-20-9-4-17(23)14-16(20)3-2-15-10-12-21-13-11-15/h2-14,22-23H,1H3. The van der Waals surface area contributed by atoms with E-state index < -0.39 is 10.0 Å². The molecule has 1 aromatic heterocycles. The number of pyridine rings is 1. The van der Waals surface area contributed by atoms with E-state index in [2.05, 4.69) is 9.71 Å². The third kappa shape index (κ3) is 4.65. The van der Waals surface area contributed by atoms with Crippen molar-refractivity contribution in [3.05, 3.63) is 78.1 Å². The molecule has 0 bridgehead atoms. The molecule has 6 nitrogen and oxygen atoms in total. The summed E-state index contributed by atoms with van der Waals surface area (Å²) in [5, 5.41) is 9.77. The first-order valence-electron chi connectivity index (χ1n) is 8.06. The summed E-state index contributed by atoms with van der Waals surface area (Å²) in [5.74, 6) is 0.608. The second-order valence-corrected chi connectivity index (χ2v) is 7.35. The Kier molecular flexibility index (Phi) is 5.42. The van der Waals surface area contributed by atoms with Crippen LogP contribution in [0, 0.1) is 0 Å². The fraction of sp³-hybridized carbons (Fsp3) is 0.0500. The fourth-order valence-electron chi connectivity index (χ4n) is 2.40. The molecule has 0 aliphatic carbocycles. The smallest absolute Gasteiger partial charge is 0.261 e. The zero-order valence-corrected chi connectivity index (χ0v) is 15.3. The SMILES string of the molecule is COc1ccc(S(=O)(=O)Nc2ccc(O)cc2C=Cc2ccncc2)cc1. The van der Waals surface area contributed by atoms with Crippen LogP contribution in [0.5, 0.6) is 11.5 Å². The molecule has 1 heterocycles. The molecule has 0 aliphatic rings. The number of nitrogens with one attached hydrogen (secondary N) is 1. The van der Waals surface area contributed by atoms with Crippen molar-refractivity contribution in [2.75, 3.05) is 11.8 Å². The summed E-state index contributed by atoms with van der Waals surface area (Å²) >= 11 is 0. The largest absolute Gasteiger partial charge is 0.508 e. The minimum atomic E-state index is -3.79. The maximum atomic E-state index is 12.7. The number of rotatable bonds is 6. The van der Waals surface area contributed by atoms with Crippen molar-refractivity contribution >= 4 is 27.9 Å². The van der Waals surface area contributed by atoms with Gasteiger partial charge in [0.2, 0.25) is 0 Å². The van der Waals surface area contributed by atoms with Gasteiger partial charge in [-0.15, -0.1) is 0 Å². The minimum absolute atomic E-state index is 0.0387. The van der Waals surface area contributed by atoms with Gasteiger partial charge in [-0.1, -0.05) is 12.2 Å². The van der Waals surface area contributed by atoms with E-state index in [9.17, 15) is 13.5 Å². The molecule has 0 fully saturated rings. The monoisotopic (exact) mass is 382 g/mol. The molecule has 0 saturated carbocycles. The highest BCUT2D eigenvalue weighted by molar-refractivity contribution is 7.92. The molecule has 2 aromatic carbocycles. The first kappa shape index (κ1) is 18.5. The molecule has 0 amide bonds. The minimum Gasteiger partial charge on any atom is -0.508 e. The van der Waals surface area contributed by atoms with Crippen molar-refractivity contribution in [2.24, 2.45) is 0 Å². The summed E-state index contributed by atoms with van der Waals surface area (Å²) in [6.45, 7) is 0. The van der Waals surface area contributed by atoms with Crippen LogP contribution in [-0.4, -0.2) is 25.6 Å². The van der Waals surface area contributed by atoms with Crippen LogP contribution in [-0.2, 0) is 10.0 Å². The van der Waals surface area contributed by atoms with Crippen molar-refractivity contribution in [2.45, 2.75) is 4.90 Å². The lowest BCUT2D eigenvalue weighted by molar-refractivity contribution is 0.414. The zero-order valence-electron chi connectivity index (χ0n) is 14.5. The van der Waals surface area contributed by atoms with Crippen LogP contribution in [0.15, 0.2) is 71.9 Å². The van der Waals surface area contributed by atoms with Crippen LogP contribution < -0.4 is 9.46 Å². The van der Waals surface area contributed by atoms with Crippen molar-refractivity contribution in [3.63, 3.8) is 0 Å². The molecule has 0 saturated heterocycles. The van der Waals surface area contributed by atoms with E-state index in [0.29, 0.717) is 17.0 Å². The number of benzene rings is 2. The van der Waals surface area contributed by atoms with Gasteiger partial charge in [0.25, 0.3) is 10.0 Å².